The zero-order valence-corrected chi connectivity index (χ0v) is 10.4. The quantitative estimate of drug-likeness (QED) is 0.524. The summed E-state index contributed by atoms with van der Waals surface area (Å²) < 4.78 is 4.81. The van der Waals surface area contributed by atoms with Gasteiger partial charge in [0.1, 0.15) is 5.75 Å². The number of benzene rings is 1. The van der Waals surface area contributed by atoms with Gasteiger partial charge in [-0.25, -0.2) is 4.79 Å². The van der Waals surface area contributed by atoms with E-state index in [4.69, 9.17) is 21.4 Å². The molecule has 17 heavy (non-hydrogen) atoms. The summed E-state index contributed by atoms with van der Waals surface area (Å²) in [6.07, 6.45) is 2.39. The van der Waals surface area contributed by atoms with Gasteiger partial charge in [-0.15, -0.1) is 12.4 Å². The van der Waals surface area contributed by atoms with Crippen molar-refractivity contribution in [3.8, 4) is 5.75 Å². The van der Waals surface area contributed by atoms with Gasteiger partial charge in [0.25, 0.3) is 0 Å². The first-order valence-corrected chi connectivity index (χ1v) is 4.76. The molecule has 0 unspecified atom stereocenters. The third-order valence-corrected chi connectivity index (χ3v) is 1.92. The van der Waals surface area contributed by atoms with Crippen molar-refractivity contribution in [1.29, 1.82) is 0 Å². The summed E-state index contributed by atoms with van der Waals surface area (Å²) in [6.45, 7) is 1.27. The molecule has 0 aliphatic heterocycles. The monoisotopic (exact) mass is 276 g/mol. The highest BCUT2D eigenvalue weighted by molar-refractivity contribution is 6.32. The molecular weight excluding hydrogens is 267 g/mol. The summed E-state index contributed by atoms with van der Waals surface area (Å²) in [5.41, 5.74) is 0.614. The fourth-order valence-corrected chi connectivity index (χ4v) is 1.25. The van der Waals surface area contributed by atoms with Crippen LogP contribution in [0.5, 0.6) is 5.75 Å². The van der Waals surface area contributed by atoms with E-state index in [1.165, 1.54) is 25.1 Å². The predicted molar refractivity (Wildman–Crippen MR) is 66.7 cm³/mol. The molecule has 0 atom stereocenters. The molecule has 1 aromatic carbocycles. The average molecular weight is 277 g/mol. The number of halogens is 2. The van der Waals surface area contributed by atoms with Crippen molar-refractivity contribution < 1.29 is 19.4 Å². The number of esters is 1. The van der Waals surface area contributed by atoms with Crippen LogP contribution in [-0.2, 0) is 9.59 Å². The van der Waals surface area contributed by atoms with Crippen molar-refractivity contribution in [3.05, 3.63) is 34.9 Å². The predicted octanol–water partition coefficient (Wildman–Crippen LogP) is 2.78. The van der Waals surface area contributed by atoms with Crippen molar-refractivity contribution in [3.63, 3.8) is 0 Å². The molecule has 0 saturated heterocycles. The SMILES string of the molecule is CC(=O)Oc1ccc(C=CC(=O)O)cc1Cl.Cl. The summed E-state index contributed by atoms with van der Waals surface area (Å²) in [6, 6.07) is 4.62. The van der Waals surface area contributed by atoms with E-state index in [1.807, 2.05) is 0 Å². The molecule has 0 radical (unpaired) electrons. The maximum atomic E-state index is 10.7. The van der Waals surface area contributed by atoms with Gasteiger partial charge < -0.3 is 9.84 Å². The lowest BCUT2D eigenvalue weighted by atomic mass is 10.2. The molecule has 0 aliphatic carbocycles. The molecule has 1 rings (SSSR count). The van der Waals surface area contributed by atoms with Gasteiger partial charge in [-0.05, 0) is 23.8 Å². The van der Waals surface area contributed by atoms with E-state index in [-0.39, 0.29) is 23.2 Å². The van der Waals surface area contributed by atoms with Crippen LogP contribution >= 0.6 is 24.0 Å². The van der Waals surface area contributed by atoms with Crippen molar-refractivity contribution in [2.45, 2.75) is 6.92 Å². The highest BCUT2D eigenvalue weighted by Gasteiger charge is 2.04. The van der Waals surface area contributed by atoms with E-state index in [0.717, 1.165) is 6.08 Å². The Labute approximate surface area is 109 Å². The molecule has 0 saturated carbocycles. The van der Waals surface area contributed by atoms with Crippen LogP contribution in [0.15, 0.2) is 24.3 Å². The van der Waals surface area contributed by atoms with Gasteiger partial charge >= 0.3 is 11.9 Å². The zero-order valence-electron chi connectivity index (χ0n) is 8.84. The largest absolute Gasteiger partial charge is 0.478 e. The molecule has 1 N–H and O–H groups in total. The molecule has 92 valence electrons. The molecule has 4 nitrogen and oxygen atoms in total. The van der Waals surface area contributed by atoms with E-state index in [9.17, 15) is 9.59 Å². The minimum Gasteiger partial charge on any atom is -0.478 e. The van der Waals surface area contributed by atoms with Gasteiger partial charge in [-0.2, -0.15) is 0 Å². The highest BCUT2D eigenvalue weighted by Crippen LogP contribution is 2.26. The van der Waals surface area contributed by atoms with E-state index < -0.39 is 11.9 Å². The Hall–Kier alpha value is -1.52. The van der Waals surface area contributed by atoms with E-state index in [2.05, 4.69) is 0 Å². The second-order valence-electron chi connectivity index (χ2n) is 2.96. The average Bonchev–Trinajstić information content (AvgIpc) is 2.18. The maximum absolute atomic E-state index is 10.7. The lowest BCUT2D eigenvalue weighted by molar-refractivity contribution is -0.132. The van der Waals surface area contributed by atoms with Crippen LogP contribution in [-0.4, -0.2) is 17.0 Å². The Morgan fingerprint density at radius 3 is 2.53 bits per heavy atom. The molecule has 0 heterocycles. The lowest BCUT2D eigenvalue weighted by Gasteiger charge is -2.04. The second-order valence-corrected chi connectivity index (χ2v) is 3.36. The van der Waals surface area contributed by atoms with Crippen LogP contribution in [0, 0.1) is 0 Å². The van der Waals surface area contributed by atoms with E-state index in [0.29, 0.717) is 5.56 Å². The molecule has 1 aromatic rings. The minimum atomic E-state index is -1.04. The Kier molecular flexibility index (Phi) is 6.31. The Bertz CT molecular complexity index is 455. The molecular formula is C11H10Cl2O4. The zero-order chi connectivity index (χ0) is 12.1. The van der Waals surface area contributed by atoms with Gasteiger partial charge in [-0.3, -0.25) is 4.79 Å². The molecule has 6 heteroatoms. The fourth-order valence-electron chi connectivity index (χ4n) is 1.03. The van der Waals surface area contributed by atoms with Crippen LogP contribution in [0.2, 0.25) is 5.02 Å². The van der Waals surface area contributed by atoms with E-state index >= 15 is 0 Å². The first kappa shape index (κ1) is 15.5. The Balaban J connectivity index is 0.00000256. The molecule has 0 aromatic heterocycles. The standard InChI is InChI=1S/C11H9ClO4.ClH/c1-7(13)16-10-4-2-8(6-9(10)12)3-5-11(14)15;/h2-6H,1H3,(H,14,15);1H. The van der Waals surface area contributed by atoms with Crippen molar-refractivity contribution >= 4 is 42.0 Å². The highest BCUT2D eigenvalue weighted by atomic mass is 35.5. The Morgan fingerprint density at radius 2 is 2.06 bits per heavy atom. The fraction of sp³-hybridized carbons (Fsp3) is 0.0909. The summed E-state index contributed by atoms with van der Waals surface area (Å²) in [7, 11) is 0. The molecule has 0 spiro atoms. The van der Waals surface area contributed by atoms with Gasteiger partial charge in [0.2, 0.25) is 0 Å². The lowest BCUT2D eigenvalue weighted by Crippen LogP contribution is -2.01. The minimum absolute atomic E-state index is 0. The summed E-state index contributed by atoms with van der Waals surface area (Å²) in [5, 5.41) is 8.68. The normalized spacial score (nSPS) is 9.76. The smallest absolute Gasteiger partial charge is 0.328 e. The molecule has 0 aliphatic rings. The number of carboxylic acid groups (broad SMARTS) is 1. The topological polar surface area (TPSA) is 63.6 Å². The van der Waals surface area contributed by atoms with Crippen LogP contribution in [0.4, 0.5) is 0 Å². The Morgan fingerprint density at radius 1 is 1.41 bits per heavy atom. The van der Waals surface area contributed by atoms with Crippen LogP contribution in [0.3, 0.4) is 0 Å². The molecule has 0 amide bonds. The van der Waals surface area contributed by atoms with Gasteiger partial charge in [0.05, 0.1) is 5.02 Å². The van der Waals surface area contributed by atoms with Crippen LogP contribution in [0.25, 0.3) is 6.08 Å². The summed E-state index contributed by atoms with van der Waals surface area (Å²) in [4.78, 5) is 21.0. The summed E-state index contributed by atoms with van der Waals surface area (Å²) >= 11 is 5.83. The van der Waals surface area contributed by atoms with E-state index in [1.54, 1.807) is 6.07 Å². The first-order chi connectivity index (χ1) is 7.49. The van der Waals surface area contributed by atoms with Gasteiger partial charge in [0.15, 0.2) is 0 Å². The summed E-state index contributed by atoms with van der Waals surface area (Å²) in [5.74, 6) is -1.25. The number of aliphatic carboxylic acids is 1. The number of carbonyl (C=O) groups excluding carboxylic acids is 1. The van der Waals surface area contributed by atoms with Crippen LogP contribution in [0.1, 0.15) is 12.5 Å². The first-order valence-electron chi connectivity index (χ1n) is 4.38. The third-order valence-electron chi connectivity index (χ3n) is 1.63. The number of hydrogen-bond donors (Lipinski definition) is 1. The molecule has 0 bridgehead atoms. The number of ether oxygens (including phenoxy) is 1. The second kappa shape index (κ2) is 6.93. The number of hydrogen-bond acceptors (Lipinski definition) is 3. The van der Waals surface area contributed by atoms with Gasteiger partial charge in [-0.1, -0.05) is 17.7 Å². The van der Waals surface area contributed by atoms with Gasteiger partial charge in [0, 0.05) is 13.0 Å². The maximum Gasteiger partial charge on any atom is 0.328 e. The molecule has 0 fully saturated rings. The van der Waals surface area contributed by atoms with Crippen molar-refractivity contribution in [2.75, 3.05) is 0 Å². The van der Waals surface area contributed by atoms with Crippen LogP contribution < -0.4 is 4.74 Å². The number of rotatable bonds is 3. The number of carbonyl (C=O) groups is 2. The third kappa shape index (κ3) is 5.38. The van der Waals surface area contributed by atoms with Crippen molar-refractivity contribution in [2.24, 2.45) is 0 Å². The number of carboxylic acids is 1. The van der Waals surface area contributed by atoms with Crippen molar-refractivity contribution in [1.82, 2.24) is 0 Å².